The molecule has 0 aliphatic heterocycles. The van der Waals surface area contributed by atoms with Gasteiger partial charge in [-0.25, -0.2) is 4.99 Å². The van der Waals surface area contributed by atoms with Crippen molar-refractivity contribution in [1.29, 1.82) is 0 Å². The summed E-state index contributed by atoms with van der Waals surface area (Å²) in [7, 11) is 0. The molecule has 0 amide bonds. The molecule has 0 fully saturated rings. The van der Waals surface area contributed by atoms with Crippen molar-refractivity contribution in [3.63, 3.8) is 0 Å². The zero-order valence-corrected chi connectivity index (χ0v) is 14.9. The Morgan fingerprint density at radius 3 is 2.88 bits per heavy atom. The number of nitrogens with zero attached hydrogens (tertiary/aromatic N) is 4. The van der Waals surface area contributed by atoms with Gasteiger partial charge in [0.15, 0.2) is 5.82 Å². The zero-order valence-electron chi connectivity index (χ0n) is 14.9. The Balaban J connectivity index is 2.63. The fraction of sp³-hybridized carbons (Fsp3) is 0.444. The van der Waals surface area contributed by atoms with Gasteiger partial charge in [0.05, 0.1) is 11.8 Å². The monoisotopic (exact) mass is 328 g/mol. The van der Waals surface area contributed by atoms with E-state index in [0.29, 0.717) is 12.4 Å². The SMILES string of the molecule is C=C/C=C(CC)\N=C/CCC/N=C(/NC(C)C)c1cn[nH]c1N=C. The van der Waals surface area contributed by atoms with Gasteiger partial charge in [-0.3, -0.25) is 15.1 Å². The molecule has 2 N–H and O–H groups in total. The average Bonchev–Trinajstić information content (AvgIpc) is 3.03. The molecule has 6 nitrogen and oxygen atoms in total. The molecule has 1 aromatic heterocycles. The Labute approximate surface area is 144 Å². The van der Waals surface area contributed by atoms with Gasteiger partial charge in [-0.1, -0.05) is 19.6 Å². The molecule has 24 heavy (non-hydrogen) atoms. The summed E-state index contributed by atoms with van der Waals surface area (Å²) in [5.41, 5.74) is 1.88. The lowest BCUT2D eigenvalue weighted by molar-refractivity contribution is 0.727. The van der Waals surface area contributed by atoms with Crippen molar-refractivity contribution in [2.45, 2.75) is 46.1 Å². The first kappa shape index (κ1) is 19.5. The van der Waals surface area contributed by atoms with Crippen LogP contribution in [0.15, 0.2) is 45.6 Å². The van der Waals surface area contributed by atoms with Crippen LogP contribution in [0.3, 0.4) is 0 Å². The summed E-state index contributed by atoms with van der Waals surface area (Å²) in [4.78, 5) is 13.0. The maximum atomic E-state index is 4.65. The van der Waals surface area contributed by atoms with Crippen molar-refractivity contribution in [2.24, 2.45) is 15.0 Å². The fourth-order valence-electron chi connectivity index (χ4n) is 2.00. The van der Waals surface area contributed by atoms with Crippen LogP contribution in [-0.2, 0) is 0 Å². The van der Waals surface area contributed by atoms with E-state index in [9.17, 15) is 0 Å². The number of rotatable bonds is 10. The second-order valence-corrected chi connectivity index (χ2v) is 5.52. The lowest BCUT2D eigenvalue weighted by Gasteiger charge is -2.12. The maximum Gasteiger partial charge on any atom is 0.158 e. The number of nitrogens with one attached hydrogen (secondary N) is 2. The highest BCUT2D eigenvalue weighted by atomic mass is 15.2. The fourth-order valence-corrected chi connectivity index (χ4v) is 2.00. The molecular weight excluding hydrogens is 300 g/mol. The summed E-state index contributed by atoms with van der Waals surface area (Å²) in [5, 5.41) is 10.2. The minimum Gasteiger partial charge on any atom is -0.368 e. The number of aliphatic imine (C=N–C) groups is 3. The number of unbranched alkanes of at least 4 members (excludes halogenated alkanes) is 1. The van der Waals surface area contributed by atoms with Gasteiger partial charge in [-0.2, -0.15) is 5.10 Å². The number of hydrogen-bond acceptors (Lipinski definition) is 4. The predicted molar refractivity (Wildman–Crippen MR) is 104 cm³/mol. The first-order chi connectivity index (χ1) is 11.6. The van der Waals surface area contributed by atoms with Gasteiger partial charge in [-0.05, 0) is 45.9 Å². The molecule has 0 aliphatic carbocycles. The van der Waals surface area contributed by atoms with E-state index < -0.39 is 0 Å². The third-order valence-corrected chi connectivity index (χ3v) is 3.15. The third-order valence-electron chi connectivity index (χ3n) is 3.15. The van der Waals surface area contributed by atoms with Crippen molar-refractivity contribution in [3.05, 3.63) is 36.2 Å². The van der Waals surface area contributed by atoms with Crippen LogP contribution in [0.2, 0.25) is 0 Å². The largest absolute Gasteiger partial charge is 0.368 e. The summed E-state index contributed by atoms with van der Waals surface area (Å²) in [6.07, 6.45) is 10.1. The summed E-state index contributed by atoms with van der Waals surface area (Å²) in [6, 6.07) is 0.272. The molecule has 0 radical (unpaired) electrons. The lowest BCUT2D eigenvalue weighted by Crippen LogP contribution is -2.31. The van der Waals surface area contributed by atoms with Gasteiger partial charge >= 0.3 is 0 Å². The number of allylic oxidation sites excluding steroid dienone is 3. The van der Waals surface area contributed by atoms with Gasteiger partial charge < -0.3 is 5.32 Å². The van der Waals surface area contributed by atoms with Crippen LogP contribution >= 0.6 is 0 Å². The molecule has 0 saturated heterocycles. The van der Waals surface area contributed by atoms with Crippen molar-refractivity contribution < 1.29 is 0 Å². The van der Waals surface area contributed by atoms with Crippen LogP contribution in [0.4, 0.5) is 5.82 Å². The first-order valence-corrected chi connectivity index (χ1v) is 8.27. The van der Waals surface area contributed by atoms with E-state index in [4.69, 9.17) is 0 Å². The molecule has 1 aromatic rings. The highest BCUT2D eigenvalue weighted by Gasteiger charge is 2.11. The molecule has 0 saturated carbocycles. The number of aromatic amines is 1. The summed E-state index contributed by atoms with van der Waals surface area (Å²) < 4.78 is 0. The summed E-state index contributed by atoms with van der Waals surface area (Å²) in [6.45, 7) is 14.2. The van der Waals surface area contributed by atoms with Crippen LogP contribution < -0.4 is 5.32 Å². The van der Waals surface area contributed by atoms with Crippen LogP contribution in [0.1, 0.15) is 45.6 Å². The second-order valence-electron chi connectivity index (χ2n) is 5.52. The Morgan fingerprint density at radius 2 is 2.25 bits per heavy atom. The van der Waals surface area contributed by atoms with Gasteiger partial charge in [0.2, 0.25) is 0 Å². The molecular formula is C18H28N6. The normalized spacial score (nSPS) is 12.8. The smallest absolute Gasteiger partial charge is 0.158 e. The van der Waals surface area contributed by atoms with Crippen molar-refractivity contribution in [1.82, 2.24) is 15.5 Å². The lowest BCUT2D eigenvalue weighted by atomic mass is 10.2. The van der Waals surface area contributed by atoms with Crippen LogP contribution in [0.5, 0.6) is 0 Å². The Bertz CT molecular complexity index is 607. The molecule has 1 heterocycles. The maximum absolute atomic E-state index is 4.65. The molecule has 0 atom stereocenters. The van der Waals surface area contributed by atoms with Crippen molar-refractivity contribution >= 4 is 24.6 Å². The average molecular weight is 328 g/mol. The van der Waals surface area contributed by atoms with E-state index in [1.54, 1.807) is 12.3 Å². The highest BCUT2D eigenvalue weighted by Crippen LogP contribution is 2.14. The standard InChI is InChI=1S/C18H28N6/c1-6-10-15(7-2)20-11-8-9-12-21-18(23-14(3)4)16-13-22-24-17(16)19-5/h6,10-11,13-14H,1,5,7-9,12H2,2-4H3,(H,21,23)(H,22,24)/b15-10-,20-11-. The summed E-state index contributed by atoms with van der Waals surface area (Å²) in [5.74, 6) is 1.42. The van der Waals surface area contributed by atoms with Crippen molar-refractivity contribution in [3.8, 4) is 0 Å². The minimum absolute atomic E-state index is 0.272. The number of aromatic nitrogens is 2. The third kappa shape index (κ3) is 6.73. The van der Waals surface area contributed by atoms with Crippen LogP contribution in [0, 0.1) is 0 Å². The van der Waals surface area contributed by atoms with Gasteiger partial charge in [-0.15, -0.1) is 0 Å². The topological polar surface area (TPSA) is 77.8 Å². The Kier molecular flexibility index (Phi) is 9.04. The van der Waals surface area contributed by atoms with E-state index in [1.165, 1.54) is 0 Å². The second kappa shape index (κ2) is 11.1. The number of H-pyrrole nitrogens is 1. The van der Waals surface area contributed by atoms with E-state index in [-0.39, 0.29) is 6.04 Å². The summed E-state index contributed by atoms with van der Waals surface area (Å²) >= 11 is 0. The minimum atomic E-state index is 0.272. The molecule has 130 valence electrons. The van der Waals surface area contributed by atoms with E-state index in [0.717, 1.165) is 36.4 Å². The Morgan fingerprint density at radius 1 is 1.46 bits per heavy atom. The van der Waals surface area contributed by atoms with Gasteiger partial charge in [0, 0.05) is 24.5 Å². The number of amidine groups is 1. The van der Waals surface area contributed by atoms with E-state index in [1.807, 2.05) is 12.3 Å². The highest BCUT2D eigenvalue weighted by molar-refractivity contribution is 6.02. The first-order valence-electron chi connectivity index (χ1n) is 8.27. The van der Waals surface area contributed by atoms with Crippen molar-refractivity contribution in [2.75, 3.05) is 6.54 Å². The van der Waals surface area contributed by atoms with Crippen LogP contribution in [-0.4, -0.2) is 41.6 Å². The van der Waals surface area contributed by atoms with E-state index in [2.05, 4.69) is 64.6 Å². The predicted octanol–water partition coefficient (Wildman–Crippen LogP) is 3.82. The number of hydrogen-bond donors (Lipinski definition) is 2. The molecule has 6 heteroatoms. The van der Waals surface area contributed by atoms with Gasteiger partial charge in [0.25, 0.3) is 0 Å². The molecule has 0 unspecified atom stereocenters. The van der Waals surface area contributed by atoms with E-state index >= 15 is 0 Å². The zero-order chi connectivity index (χ0) is 17.8. The molecule has 0 aliphatic rings. The Hall–Kier alpha value is -2.50. The van der Waals surface area contributed by atoms with Gasteiger partial charge in [0.1, 0.15) is 5.84 Å². The van der Waals surface area contributed by atoms with Crippen LogP contribution in [0.25, 0.3) is 0 Å². The molecule has 0 spiro atoms. The molecule has 0 aromatic carbocycles. The molecule has 0 bridgehead atoms. The quantitative estimate of drug-likeness (QED) is 0.296. The molecule has 1 rings (SSSR count).